The first-order chi connectivity index (χ1) is 8.81. The molecule has 0 saturated carbocycles. The second-order valence-corrected chi connectivity index (χ2v) is 6.40. The van der Waals surface area contributed by atoms with Gasteiger partial charge in [0.2, 0.25) is 0 Å². The average Bonchev–Trinajstić information content (AvgIpc) is 2.28. The average molecular weight is 328 g/mol. The predicted octanol–water partition coefficient (Wildman–Crippen LogP) is 4.29. The van der Waals surface area contributed by atoms with Crippen LogP contribution in [0.15, 0.2) is 28.7 Å². The summed E-state index contributed by atoms with van der Waals surface area (Å²) in [6.07, 6.45) is 1.30. The van der Waals surface area contributed by atoms with Crippen LogP contribution in [0.4, 0.5) is 4.79 Å². The number of benzene rings is 1. The van der Waals surface area contributed by atoms with Crippen molar-refractivity contribution in [2.75, 3.05) is 0 Å². The molecular weight excluding hydrogens is 306 g/mol. The van der Waals surface area contributed by atoms with Crippen molar-refractivity contribution in [3.63, 3.8) is 0 Å². The van der Waals surface area contributed by atoms with Crippen molar-refractivity contribution < 1.29 is 9.53 Å². The van der Waals surface area contributed by atoms with Gasteiger partial charge in [0.1, 0.15) is 5.60 Å². The maximum atomic E-state index is 11.8. The van der Waals surface area contributed by atoms with Crippen LogP contribution in [0, 0.1) is 0 Å². The van der Waals surface area contributed by atoms with Crippen LogP contribution in [0.25, 0.3) is 0 Å². The third kappa shape index (κ3) is 6.10. The minimum absolute atomic E-state index is 0.0774. The Bertz CT molecular complexity index is 426. The Kier molecular flexibility index (Phi) is 5.85. The summed E-state index contributed by atoms with van der Waals surface area (Å²) >= 11 is 3.53. The summed E-state index contributed by atoms with van der Waals surface area (Å²) in [5, 5.41) is 2.92. The van der Waals surface area contributed by atoms with Crippen molar-refractivity contribution >= 4 is 22.0 Å². The molecule has 1 atom stereocenters. The smallest absolute Gasteiger partial charge is 0.407 e. The molecule has 106 valence electrons. The molecule has 4 heteroatoms. The highest BCUT2D eigenvalue weighted by molar-refractivity contribution is 9.10. The van der Waals surface area contributed by atoms with Gasteiger partial charge in [0.05, 0.1) is 0 Å². The lowest BCUT2D eigenvalue weighted by molar-refractivity contribution is 0.0503. The zero-order valence-corrected chi connectivity index (χ0v) is 13.6. The van der Waals surface area contributed by atoms with Gasteiger partial charge in [-0.15, -0.1) is 0 Å². The van der Waals surface area contributed by atoms with E-state index in [0.29, 0.717) is 0 Å². The van der Waals surface area contributed by atoms with E-state index in [1.165, 1.54) is 5.56 Å². The summed E-state index contributed by atoms with van der Waals surface area (Å²) in [5.74, 6) is 0. The molecule has 1 N–H and O–H groups in total. The summed E-state index contributed by atoms with van der Waals surface area (Å²) < 4.78 is 6.35. The number of nitrogens with one attached hydrogen (secondary N) is 1. The van der Waals surface area contributed by atoms with Crippen LogP contribution in [0.5, 0.6) is 0 Å². The molecule has 0 saturated heterocycles. The highest BCUT2D eigenvalue weighted by Gasteiger charge is 2.19. The molecule has 0 heterocycles. The first-order valence-corrected chi connectivity index (χ1v) is 7.34. The summed E-state index contributed by atoms with van der Waals surface area (Å²) in [6.45, 7) is 7.64. The number of halogens is 1. The van der Waals surface area contributed by atoms with Gasteiger partial charge >= 0.3 is 6.09 Å². The van der Waals surface area contributed by atoms with Crippen LogP contribution in [0.3, 0.4) is 0 Å². The van der Waals surface area contributed by atoms with E-state index >= 15 is 0 Å². The number of carbonyl (C=O) groups excluding carboxylic acids is 1. The van der Waals surface area contributed by atoms with E-state index in [-0.39, 0.29) is 12.1 Å². The summed E-state index contributed by atoms with van der Waals surface area (Å²) in [6, 6.07) is 8.13. The lowest BCUT2D eigenvalue weighted by Crippen LogP contribution is -2.39. The molecule has 0 aliphatic rings. The molecule has 0 aliphatic carbocycles. The lowest BCUT2D eigenvalue weighted by atomic mass is 10.0. The third-order valence-corrected chi connectivity index (χ3v) is 3.41. The number of alkyl carbamates (subject to hydrolysis) is 1. The number of ether oxygens (including phenoxy) is 1. The first kappa shape index (κ1) is 16.0. The summed E-state index contributed by atoms with van der Waals surface area (Å²) in [4.78, 5) is 11.8. The number of hydrogen-bond donors (Lipinski definition) is 1. The zero-order chi connectivity index (χ0) is 14.5. The molecule has 0 spiro atoms. The van der Waals surface area contributed by atoms with E-state index in [1.54, 1.807) is 0 Å². The van der Waals surface area contributed by atoms with Gasteiger partial charge in [-0.25, -0.2) is 4.79 Å². The molecule has 19 heavy (non-hydrogen) atoms. The number of carbonyl (C=O) groups is 1. The number of rotatable bonds is 4. The second-order valence-electron chi connectivity index (χ2n) is 5.55. The van der Waals surface area contributed by atoms with Gasteiger partial charge in [-0.2, -0.15) is 0 Å². The highest BCUT2D eigenvalue weighted by Crippen LogP contribution is 2.18. The maximum absolute atomic E-state index is 11.8. The van der Waals surface area contributed by atoms with Crippen LogP contribution in [0.2, 0.25) is 0 Å². The van der Waals surface area contributed by atoms with Crippen molar-refractivity contribution in [1.29, 1.82) is 0 Å². The van der Waals surface area contributed by atoms with E-state index < -0.39 is 5.60 Å². The standard InChI is InChI=1S/C15H22BrNO2/c1-5-12(17-14(18)19-15(2,3)4)10-11-8-6-7-9-13(11)16/h6-9,12H,5,10H2,1-4H3,(H,17,18). The first-order valence-electron chi connectivity index (χ1n) is 6.54. The number of amides is 1. The van der Waals surface area contributed by atoms with Crippen LogP contribution >= 0.6 is 15.9 Å². The zero-order valence-electron chi connectivity index (χ0n) is 12.0. The van der Waals surface area contributed by atoms with E-state index in [0.717, 1.165) is 17.3 Å². The van der Waals surface area contributed by atoms with E-state index in [9.17, 15) is 4.79 Å². The van der Waals surface area contributed by atoms with Crippen LogP contribution in [0.1, 0.15) is 39.7 Å². The fraction of sp³-hybridized carbons (Fsp3) is 0.533. The van der Waals surface area contributed by atoms with Crippen molar-refractivity contribution in [2.24, 2.45) is 0 Å². The normalized spacial score (nSPS) is 12.9. The topological polar surface area (TPSA) is 38.3 Å². The SMILES string of the molecule is CCC(Cc1ccccc1Br)NC(=O)OC(C)(C)C. The molecule has 1 aromatic carbocycles. The van der Waals surface area contributed by atoms with Crippen LogP contribution in [-0.2, 0) is 11.2 Å². The van der Waals surface area contributed by atoms with Gasteiger partial charge < -0.3 is 10.1 Å². The molecule has 1 aromatic rings. The molecule has 1 amide bonds. The van der Waals surface area contributed by atoms with Gasteiger partial charge in [-0.3, -0.25) is 0 Å². The minimum Gasteiger partial charge on any atom is -0.444 e. The molecule has 0 aromatic heterocycles. The fourth-order valence-corrected chi connectivity index (χ4v) is 2.15. The van der Waals surface area contributed by atoms with Crippen molar-refractivity contribution in [3.8, 4) is 0 Å². The summed E-state index contributed by atoms with van der Waals surface area (Å²) in [5.41, 5.74) is 0.723. The Morgan fingerprint density at radius 2 is 2.00 bits per heavy atom. The van der Waals surface area contributed by atoms with Gasteiger partial charge in [-0.05, 0) is 45.2 Å². The van der Waals surface area contributed by atoms with Crippen molar-refractivity contribution in [3.05, 3.63) is 34.3 Å². The fourth-order valence-electron chi connectivity index (χ4n) is 1.70. The van der Waals surface area contributed by atoms with Gasteiger partial charge in [-0.1, -0.05) is 41.1 Å². The van der Waals surface area contributed by atoms with E-state index in [2.05, 4.69) is 34.2 Å². The Hall–Kier alpha value is -1.03. The number of hydrogen-bond acceptors (Lipinski definition) is 2. The Morgan fingerprint density at radius 3 is 2.53 bits per heavy atom. The van der Waals surface area contributed by atoms with Crippen LogP contribution < -0.4 is 5.32 Å². The van der Waals surface area contributed by atoms with Gasteiger partial charge in [0.25, 0.3) is 0 Å². The quantitative estimate of drug-likeness (QED) is 0.895. The maximum Gasteiger partial charge on any atom is 0.407 e. The third-order valence-electron chi connectivity index (χ3n) is 2.64. The molecule has 1 unspecified atom stereocenters. The lowest BCUT2D eigenvalue weighted by Gasteiger charge is -2.23. The molecule has 0 aliphatic heterocycles. The van der Waals surface area contributed by atoms with Gasteiger partial charge in [0.15, 0.2) is 0 Å². The van der Waals surface area contributed by atoms with Gasteiger partial charge in [0, 0.05) is 10.5 Å². The summed E-state index contributed by atoms with van der Waals surface area (Å²) in [7, 11) is 0. The van der Waals surface area contributed by atoms with E-state index in [1.807, 2.05) is 39.0 Å². The molecular formula is C15H22BrNO2. The molecule has 0 fully saturated rings. The Labute approximate surface area is 123 Å². The largest absolute Gasteiger partial charge is 0.444 e. The van der Waals surface area contributed by atoms with E-state index in [4.69, 9.17) is 4.74 Å². The predicted molar refractivity (Wildman–Crippen MR) is 81.3 cm³/mol. The minimum atomic E-state index is -0.463. The monoisotopic (exact) mass is 327 g/mol. The molecule has 3 nitrogen and oxygen atoms in total. The molecule has 0 bridgehead atoms. The molecule has 0 radical (unpaired) electrons. The highest BCUT2D eigenvalue weighted by atomic mass is 79.9. The second kappa shape index (κ2) is 6.94. The van der Waals surface area contributed by atoms with Crippen molar-refractivity contribution in [1.82, 2.24) is 5.32 Å². The Balaban J connectivity index is 2.60. The Morgan fingerprint density at radius 1 is 1.37 bits per heavy atom. The molecule has 1 rings (SSSR count). The van der Waals surface area contributed by atoms with Crippen LogP contribution in [-0.4, -0.2) is 17.7 Å². The van der Waals surface area contributed by atoms with Crippen molar-refractivity contribution in [2.45, 2.75) is 52.2 Å².